The Bertz CT molecular complexity index is 410. The molecule has 19 heavy (non-hydrogen) atoms. The van der Waals surface area contributed by atoms with E-state index in [0.29, 0.717) is 13.2 Å². The maximum atomic E-state index is 11.9. The number of nitrogens with zero attached hydrogens (tertiary/aromatic N) is 1. The molecule has 1 fully saturated rings. The van der Waals surface area contributed by atoms with E-state index in [0.717, 1.165) is 12.0 Å². The molecule has 0 bridgehead atoms. The van der Waals surface area contributed by atoms with Crippen LogP contribution in [0.25, 0.3) is 0 Å². The van der Waals surface area contributed by atoms with Gasteiger partial charge in [0.1, 0.15) is 6.10 Å². The molecule has 0 spiro atoms. The van der Waals surface area contributed by atoms with Crippen molar-refractivity contribution in [1.82, 2.24) is 10.2 Å². The van der Waals surface area contributed by atoms with Gasteiger partial charge in [-0.05, 0) is 12.0 Å². The Morgan fingerprint density at radius 3 is 2.89 bits per heavy atom. The van der Waals surface area contributed by atoms with Gasteiger partial charge < -0.3 is 20.1 Å². The van der Waals surface area contributed by atoms with Gasteiger partial charge in [-0.2, -0.15) is 0 Å². The summed E-state index contributed by atoms with van der Waals surface area (Å²) in [7, 11) is 1.67. The minimum atomic E-state index is -0.175. The first-order chi connectivity index (χ1) is 9.22. The third kappa shape index (κ3) is 3.45. The average molecular weight is 264 g/mol. The molecule has 1 heterocycles. The number of hydrogen-bond donors (Lipinski definition) is 2. The van der Waals surface area contributed by atoms with Crippen LogP contribution < -0.4 is 5.32 Å². The second kappa shape index (κ2) is 6.54. The Hall–Kier alpha value is -1.59. The number of likely N-dealkylation sites (N-methyl/N-ethyl adjacent to an activating group) is 1. The van der Waals surface area contributed by atoms with Crippen LogP contribution in [0.3, 0.4) is 0 Å². The van der Waals surface area contributed by atoms with E-state index < -0.39 is 0 Å². The molecule has 1 aromatic rings. The number of benzene rings is 1. The summed E-state index contributed by atoms with van der Waals surface area (Å²) in [5, 5.41) is 11.8. The van der Waals surface area contributed by atoms with Gasteiger partial charge in [-0.1, -0.05) is 30.3 Å². The highest BCUT2D eigenvalue weighted by Crippen LogP contribution is 2.28. The molecule has 5 heteroatoms. The number of hydrogen-bond acceptors (Lipinski definition) is 3. The first kappa shape index (κ1) is 13.8. The molecular formula is C14H20N2O3. The molecule has 1 aliphatic heterocycles. The Balaban J connectivity index is 1.98. The molecule has 104 valence electrons. The zero-order valence-electron chi connectivity index (χ0n) is 11.1. The van der Waals surface area contributed by atoms with Crippen molar-refractivity contribution >= 4 is 6.03 Å². The summed E-state index contributed by atoms with van der Waals surface area (Å²) < 4.78 is 5.71. The normalized spacial score (nSPS) is 22.2. The third-order valence-electron chi connectivity index (χ3n) is 3.31. The first-order valence-corrected chi connectivity index (χ1v) is 6.51. The largest absolute Gasteiger partial charge is 0.395 e. The predicted octanol–water partition coefficient (Wildman–Crippen LogP) is 1.15. The van der Waals surface area contributed by atoms with Crippen LogP contribution in [0.2, 0.25) is 0 Å². The zero-order chi connectivity index (χ0) is 13.7. The minimum absolute atomic E-state index is 0.0176. The molecule has 2 atom stereocenters. The molecule has 0 radical (unpaired) electrons. The van der Waals surface area contributed by atoms with Crippen molar-refractivity contribution < 1.29 is 14.6 Å². The van der Waals surface area contributed by atoms with Gasteiger partial charge in [-0.15, -0.1) is 0 Å². The standard InChI is InChI=1S/C14H20N2O3/c1-16(8-9-17)14(18)15-12-7-10-19-13(12)11-5-3-2-4-6-11/h2-6,12-13,17H,7-10H2,1H3,(H,15,18). The Labute approximate surface area is 113 Å². The monoisotopic (exact) mass is 264 g/mol. The number of aliphatic hydroxyl groups excluding tert-OH is 1. The number of carbonyl (C=O) groups excluding carboxylic acids is 1. The van der Waals surface area contributed by atoms with Crippen molar-refractivity contribution in [3.8, 4) is 0 Å². The van der Waals surface area contributed by atoms with Gasteiger partial charge in [0.2, 0.25) is 0 Å². The number of aliphatic hydroxyl groups is 1. The molecule has 2 rings (SSSR count). The summed E-state index contributed by atoms with van der Waals surface area (Å²) >= 11 is 0. The maximum absolute atomic E-state index is 11.9. The fraction of sp³-hybridized carbons (Fsp3) is 0.500. The van der Waals surface area contributed by atoms with Crippen LogP contribution >= 0.6 is 0 Å². The van der Waals surface area contributed by atoms with E-state index in [1.165, 1.54) is 4.90 Å². The number of rotatable bonds is 4. The summed E-state index contributed by atoms with van der Waals surface area (Å²) in [5.41, 5.74) is 1.08. The lowest BCUT2D eigenvalue weighted by molar-refractivity contribution is 0.0981. The van der Waals surface area contributed by atoms with Crippen LogP contribution in [0.15, 0.2) is 30.3 Å². The Morgan fingerprint density at radius 1 is 1.47 bits per heavy atom. The van der Waals surface area contributed by atoms with Gasteiger partial charge in [0.05, 0.1) is 12.6 Å². The SMILES string of the molecule is CN(CCO)C(=O)NC1CCOC1c1ccccc1. The zero-order valence-corrected chi connectivity index (χ0v) is 11.1. The smallest absolute Gasteiger partial charge is 0.317 e. The molecule has 2 unspecified atom stereocenters. The van der Waals surface area contributed by atoms with Gasteiger partial charge in [0.25, 0.3) is 0 Å². The van der Waals surface area contributed by atoms with E-state index in [-0.39, 0.29) is 24.8 Å². The van der Waals surface area contributed by atoms with Gasteiger partial charge >= 0.3 is 6.03 Å². The highest BCUT2D eigenvalue weighted by atomic mass is 16.5. The van der Waals surface area contributed by atoms with Crippen molar-refractivity contribution in [3.63, 3.8) is 0 Å². The number of carbonyl (C=O) groups is 1. The van der Waals surface area contributed by atoms with E-state index in [1.807, 2.05) is 30.3 Å². The Kier molecular flexibility index (Phi) is 4.76. The van der Waals surface area contributed by atoms with Crippen LogP contribution in [0.1, 0.15) is 18.1 Å². The highest BCUT2D eigenvalue weighted by Gasteiger charge is 2.31. The summed E-state index contributed by atoms with van der Waals surface area (Å²) in [5.74, 6) is 0. The molecule has 5 nitrogen and oxygen atoms in total. The molecule has 0 aliphatic carbocycles. The minimum Gasteiger partial charge on any atom is -0.395 e. The van der Waals surface area contributed by atoms with Gasteiger partial charge in [-0.3, -0.25) is 0 Å². The van der Waals surface area contributed by atoms with Crippen molar-refractivity contribution in [1.29, 1.82) is 0 Å². The summed E-state index contributed by atoms with van der Waals surface area (Å²) in [6.07, 6.45) is 0.714. The van der Waals surface area contributed by atoms with Gasteiger partial charge in [0.15, 0.2) is 0 Å². The number of amides is 2. The molecule has 1 aromatic carbocycles. The van der Waals surface area contributed by atoms with Crippen LogP contribution in [0.5, 0.6) is 0 Å². The van der Waals surface area contributed by atoms with E-state index in [4.69, 9.17) is 9.84 Å². The molecule has 1 aliphatic rings. The van der Waals surface area contributed by atoms with Crippen LogP contribution in [-0.4, -0.2) is 48.9 Å². The van der Waals surface area contributed by atoms with E-state index in [1.54, 1.807) is 7.05 Å². The lowest BCUT2D eigenvalue weighted by Gasteiger charge is -2.24. The van der Waals surface area contributed by atoms with Crippen molar-refractivity contribution in [2.45, 2.75) is 18.6 Å². The Morgan fingerprint density at radius 2 is 2.21 bits per heavy atom. The predicted molar refractivity (Wildman–Crippen MR) is 71.8 cm³/mol. The quantitative estimate of drug-likeness (QED) is 0.857. The molecular weight excluding hydrogens is 244 g/mol. The lowest BCUT2D eigenvalue weighted by atomic mass is 10.0. The van der Waals surface area contributed by atoms with Crippen LogP contribution in [0.4, 0.5) is 4.79 Å². The van der Waals surface area contributed by atoms with E-state index >= 15 is 0 Å². The molecule has 0 saturated carbocycles. The highest BCUT2D eigenvalue weighted by molar-refractivity contribution is 5.74. The second-order valence-corrected chi connectivity index (χ2v) is 4.69. The molecule has 1 saturated heterocycles. The van der Waals surface area contributed by atoms with Crippen LogP contribution in [0, 0.1) is 0 Å². The van der Waals surface area contributed by atoms with Gasteiger partial charge in [0, 0.05) is 20.2 Å². The first-order valence-electron chi connectivity index (χ1n) is 6.51. The molecule has 0 aromatic heterocycles. The maximum Gasteiger partial charge on any atom is 0.317 e. The fourth-order valence-corrected chi connectivity index (χ4v) is 2.23. The lowest BCUT2D eigenvalue weighted by Crippen LogP contribution is -2.45. The summed E-state index contributed by atoms with van der Waals surface area (Å²) in [6, 6.07) is 9.71. The van der Waals surface area contributed by atoms with E-state index in [2.05, 4.69) is 5.32 Å². The number of ether oxygens (including phenoxy) is 1. The van der Waals surface area contributed by atoms with Crippen molar-refractivity contribution in [2.24, 2.45) is 0 Å². The van der Waals surface area contributed by atoms with E-state index in [9.17, 15) is 4.79 Å². The number of urea groups is 1. The second-order valence-electron chi connectivity index (χ2n) is 4.69. The number of nitrogens with one attached hydrogen (secondary N) is 1. The van der Waals surface area contributed by atoms with Crippen LogP contribution in [-0.2, 0) is 4.74 Å². The fourth-order valence-electron chi connectivity index (χ4n) is 2.23. The van der Waals surface area contributed by atoms with Crippen molar-refractivity contribution in [3.05, 3.63) is 35.9 Å². The third-order valence-corrected chi connectivity index (χ3v) is 3.31. The average Bonchev–Trinajstić information content (AvgIpc) is 2.88. The summed E-state index contributed by atoms with van der Waals surface area (Å²) in [4.78, 5) is 13.4. The van der Waals surface area contributed by atoms with Crippen molar-refractivity contribution in [2.75, 3.05) is 26.8 Å². The molecule has 2 amide bonds. The summed E-state index contributed by atoms with van der Waals surface area (Å²) in [6.45, 7) is 0.941. The molecule has 2 N–H and O–H groups in total. The van der Waals surface area contributed by atoms with Gasteiger partial charge in [-0.25, -0.2) is 4.79 Å². The topological polar surface area (TPSA) is 61.8 Å².